The van der Waals surface area contributed by atoms with Crippen molar-refractivity contribution in [3.05, 3.63) is 71.2 Å². The second-order valence-electron chi connectivity index (χ2n) is 7.25. The minimum absolute atomic E-state index is 0.330. The van der Waals surface area contributed by atoms with Crippen molar-refractivity contribution >= 4 is 16.7 Å². The SMILES string of the molecule is COc1cccc(F)c1-c1cc2c(N3CCc4ccc(C#N)cc4C3)n[nH]c2cn1. The fourth-order valence-corrected chi connectivity index (χ4v) is 4.01. The van der Waals surface area contributed by atoms with Crippen LogP contribution in [0, 0.1) is 17.1 Å². The van der Waals surface area contributed by atoms with E-state index in [-0.39, 0.29) is 5.82 Å². The van der Waals surface area contributed by atoms with Crippen molar-refractivity contribution in [2.45, 2.75) is 13.0 Å². The van der Waals surface area contributed by atoms with Gasteiger partial charge in [0.2, 0.25) is 0 Å². The van der Waals surface area contributed by atoms with Gasteiger partial charge in [0.1, 0.15) is 11.6 Å². The summed E-state index contributed by atoms with van der Waals surface area (Å²) in [6.45, 7) is 1.46. The lowest BCUT2D eigenvalue weighted by atomic mass is 9.97. The van der Waals surface area contributed by atoms with E-state index in [0.29, 0.717) is 29.1 Å². The number of nitrogens with zero attached hydrogens (tertiary/aromatic N) is 4. The maximum absolute atomic E-state index is 14.6. The molecule has 0 atom stereocenters. The van der Waals surface area contributed by atoms with Gasteiger partial charge in [-0.05, 0) is 47.9 Å². The molecule has 0 radical (unpaired) electrons. The summed E-state index contributed by atoms with van der Waals surface area (Å²) in [4.78, 5) is 6.59. The van der Waals surface area contributed by atoms with Crippen molar-refractivity contribution in [2.24, 2.45) is 0 Å². The molecule has 0 spiro atoms. The highest BCUT2D eigenvalue weighted by Crippen LogP contribution is 2.35. The average molecular weight is 399 g/mol. The van der Waals surface area contributed by atoms with E-state index < -0.39 is 0 Å². The van der Waals surface area contributed by atoms with Crippen LogP contribution in [-0.2, 0) is 13.0 Å². The number of pyridine rings is 1. The smallest absolute Gasteiger partial charge is 0.158 e. The highest BCUT2D eigenvalue weighted by molar-refractivity contribution is 5.92. The molecule has 2 aromatic heterocycles. The van der Waals surface area contributed by atoms with E-state index in [1.54, 1.807) is 18.3 Å². The van der Waals surface area contributed by atoms with Crippen LogP contribution in [0.25, 0.3) is 22.2 Å². The van der Waals surface area contributed by atoms with E-state index >= 15 is 0 Å². The second-order valence-corrected chi connectivity index (χ2v) is 7.25. The van der Waals surface area contributed by atoms with Gasteiger partial charge in [-0.3, -0.25) is 10.1 Å². The molecule has 0 saturated heterocycles. The fraction of sp³-hybridized carbons (Fsp3) is 0.174. The van der Waals surface area contributed by atoms with E-state index in [4.69, 9.17) is 4.74 Å². The molecule has 4 aromatic rings. The number of fused-ring (bicyclic) bond motifs is 2. The first-order valence-corrected chi connectivity index (χ1v) is 9.62. The van der Waals surface area contributed by atoms with Crippen LogP contribution >= 0.6 is 0 Å². The number of anilines is 1. The van der Waals surface area contributed by atoms with E-state index in [1.807, 2.05) is 24.3 Å². The second kappa shape index (κ2) is 7.16. The number of hydrogen-bond acceptors (Lipinski definition) is 5. The highest BCUT2D eigenvalue weighted by Gasteiger charge is 2.22. The number of hydrogen-bond donors (Lipinski definition) is 1. The molecule has 3 heterocycles. The molecule has 0 amide bonds. The molecule has 7 heteroatoms. The molecule has 0 bridgehead atoms. The Bertz CT molecular complexity index is 1310. The molecule has 0 fully saturated rings. The van der Waals surface area contributed by atoms with Crippen LogP contribution < -0.4 is 9.64 Å². The Balaban J connectivity index is 1.57. The molecule has 1 aliphatic rings. The van der Waals surface area contributed by atoms with Crippen molar-refractivity contribution in [1.29, 1.82) is 5.26 Å². The predicted molar refractivity (Wildman–Crippen MR) is 112 cm³/mol. The van der Waals surface area contributed by atoms with Gasteiger partial charge in [0, 0.05) is 18.5 Å². The standard InChI is InChI=1S/C23H18FN5O/c1-30-21-4-2-3-18(24)22(21)19-10-17-20(12-26-19)27-28-23(17)29-8-7-15-6-5-14(11-25)9-16(15)13-29/h2-6,9-10,12H,7-8,13H2,1H3,(H,27,28). The Morgan fingerprint density at radius 3 is 2.93 bits per heavy atom. The van der Waals surface area contributed by atoms with Gasteiger partial charge in [-0.25, -0.2) is 4.39 Å². The monoisotopic (exact) mass is 399 g/mol. The summed E-state index contributed by atoms with van der Waals surface area (Å²) in [5, 5.41) is 17.6. The van der Waals surface area contributed by atoms with Crippen LogP contribution in [0.4, 0.5) is 10.2 Å². The molecule has 0 saturated carbocycles. The van der Waals surface area contributed by atoms with Crippen molar-refractivity contribution in [1.82, 2.24) is 15.2 Å². The van der Waals surface area contributed by atoms with Gasteiger partial charge >= 0.3 is 0 Å². The molecular weight excluding hydrogens is 381 g/mol. The van der Waals surface area contributed by atoms with Crippen LogP contribution in [-0.4, -0.2) is 28.8 Å². The zero-order chi connectivity index (χ0) is 20.7. The quantitative estimate of drug-likeness (QED) is 0.558. The third-order valence-electron chi connectivity index (χ3n) is 5.53. The third-order valence-corrected chi connectivity index (χ3v) is 5.53. The van der Waals surface area contributed by atoms with Crippen LogP contribution in [0.1, 0.15) is 16.7 Å². The Hall–Kier alpha value is -3.92. The van der Waals surface area contributed by atoms with Crippen LogP contribution in [0.5, 0.6) is 5.75 Å². The van der Waals surface area contributed by atoms with Crippen molar-refractivity contribution < 1.29 is 9.13 Å². The molecule has 0 aliphatic carbocycles. The summed E-state index contributed by atoms with van der Waals surface area (Å²) >= 11 is 0. The summed E-state index contributed by atoms with van der Waals surface area (Å²) in [6.07, 6.45) is 2.53. The van der Waals surface area contributed by atoms with Gasteiger partial charge in [0.25, 0.3) is 0 Å². The van der Waals surface area contributed by atoms with Gasteiger partial charge in [-0.1, -0.05) is 12.1 Å². The molecule has 2 aromatic carbocycles. The van der Waals surface area contributed by atoms with Crippen molar-refractivity contribution in [3.8, 4) is 23.1 Å². The Morgan fingerprint density at radius 2 is 2.10 bits per heavy atom. The van der Waals surface area contributed by atoms with E-state index in [0.717, 1.165) is 35.2 Å². The zero-order valence-corrected chi connectivity index (χ0v) is 16.3. The molecule has 1 aliphatic heterocycles. The molecule has 148 valence electrons. The Kier molecular flexibility index (Phi) is 4.32. The van der Waals surface area contributed by atoms with Crippen molar-refractivity contribution in [2.75, 3.05) is 18.6 Å². The summed E-state index contributed by atoms with van der Waals surface area (Å²) in [6, 6.07) is 14.6. The molecule has 30 heavy (non-hydrogen) atoms. The zero-order valence-electron chi connectivity index (χ0n) is 16.3. The number of H-pyrrole nitrogens is 1. The van der Waals surface area contributed by atoms with Crippen LogP contribution in [0.2, 0.25) is 0 Å². The number of nitriles is 1. The maximum Gasteiger partial charge on any atom is 0.158 e. The first kappa shape index (κ1) is 18.1. The number of ether oxygens (including phenoxy) is 1. The fourth-order valence-electron chi connectivity index (χ4n) is 4.01. The normalized spacial score (nSPS) is 13.2. The first-order chi connectivity index (χ1) is 14.7. The lowest BCUT2D eigenvalue weighted by molar-refractivity contribution is 0.413. The molecule has 1 N–H and O–H groups in total. The number of benzene rings is 2. The minimum atomic E-state index is -0.387. The van der Waals surface area contributed by atoms with Crippen molar-refractivity contribution in [3.63, 3.8) is 0 Å². The summed E-state index contributed by atoms with van der Waals surface area (Å²) in [7, 11) is 1.51. The highest BCUT2D eigenvalue weighted by atomic mass is 19.1. The Labute approximate surface area is 172 Å². The molecule has 0 unspecified atom stereocenters. The maximum atomic E-state index is 14.6. The van der Waals surface area contributed by atoms with Gasteiger partial charge in [0.15, 0.2) is 5.82 Å². The topological polar surface area (TPSA) is 77.8 Å². The van der Waals surface area contributed by atoms with Gasteiger partial charge in [0.05, 0.1) is 41.7 Å². The predicted octanol–water partition coefficient (Wildman–Crippen LogP) is 4.21. The van der Waals surface area contributed by atoms with Gasteiger partial charge in [-0.2, -0.15) is 10.4 Å². The minimum Gasteiger partial charge on any atom is -0.496 e. The number of aromatic amines is 1. The third kappa shape index (κ3) is 2.94. The number of rotatable bonds is 3. The molecule has 5 rings (SSSR count). The molecule has 6 nitrogen and oxygen atoms in total. The number of halogens is 1. The number of methoxy groups -OCH3 is 1. The average Bonchev–Trinajstić information content (AvgIpc) is 3.21. The van der Waals surface area contributed by atoms with Gasteiger partial charge in [-0.15, -0.1) is 0 Å². The van der Waals surface area contributed by atoms with Gasteiger partial charge < -0.3 is 9.64 Å². The molecular formula is C23H18FN5O. The summed E-state index contributed by atoms with van der Waals surface area (Å²) < 4.78 is 19.9. The van der Waals surface area contributed by atoms with Crippen LogP contribution in [0.15, 0.2) is 48.7 Å². The largest absolute Gasteiger partial charge is 0.496 e. The number of aromatic nitrogens is 3. The van der Waals surface area contributed by atoms with Crippen LogP contribution in [0.3, 0.4) is 0 Å². The lowest BCUT2D eigenvalue weighted by Crippen LogP contribution is -2.30. The first-order valence-electron chi connectivity index (χ1n) is 9.62. The van der Waals surface area contributed by atoms with E-state index in [2.05, 4.69) is 26.2 Å². The lowest BCUT2D eigenvalue weighted by Gasteiger charge is -2.29. The number of nitrogens with one attached hydrogen (secondary N) is 1. The van der Waals surface area contributed by atoms with E-state index in [9.17, 15) is 9.65 Å². The van der Waals surface area contributed by atoms with E-state index in [1.165, 1.54) is 18.7 Å². The summed E-state index contributed by atoms with van der Waals surface area (Å²) in [5.41, 5.74) is 4.63. The Morgan fingerprint density at radius 1 is 1.20 bits per heavy atom. The summed E-state index contributed by atoms with van der Waals surface area (Å²) in [5.74, 6) is 0.835.